The fraction of sp³-hybridized carbons (Fsp3) is 0.588. The van der Waals surface area contributed by atoms with Gasteiger partial charge in [0.1, 0.15) is 11.6 Å². The molecule has 0 aromatic heterocycles. The van der Waals surface area contributed by atoms with Crippen LogP contribution in [0.3, 0.4) is 0 Å². The lowest BCUT2D eigenvalue weighted by atomic mass is 9.93. The van der Waals surface area contributed by atoms with Crippen LogP contribution in [0.5, 0.6) is 0 Å². The molecular formula is C17H21F2NO3. The minimum absolute atomic E-state index is 0.0520. The lowest BCUT2D eigenvalue weighted by Crippen LogP contribution is -2.53. The van der Waals surface area contributed by atoms with Gasteiger partial charge >= 0.3 is 0 Å². The number of hydrogen-bond acceptors (Lipinski definition) is 3. The van der Waals surface area contributed by atoms with E-state index < -0.39 is 23.6 Å². The van der Waals surface area contributed by atoms with Gasteiger partial charge < -0.3 is 14.7 Å². The molecular weight excluding hydrogens is 304 g/mol. The number of aliphatic hydroxyl groups excluding tert-OH is 1. The normalized spacial score (nSPS) is 28.2. The van der Waals surface area contributed by atoms with Crippen LogP contribution in [0, 0.1) is 24.5 Å². The van der Waals surface area contributed by atoms with Gasteiger partial charge in [0.25, 0.3) is 5.91 Å². The number of aliphatic hydroxyl groups is 1. The van der Waals surface area contributed by atoms with Crippen molar-refractivity contribution in [3.05, 3.63) is 34.9 Å². The van der Waals surface area contributed by atoms with E-state index in [2.05, 4.69) is 0 Å². The molecule has 1 N–H and O–H groups in total. The predicted molar refractivity (Wildman–Crippen MR) is 80.1 cm³/mol. The monoisotopic (exact) mass is 325 g/mol. The number of benzene rings is 1. The van der Waals surface area contributed by atoms with E-state index in [9.17, 15) is 18.7 Å². The molecule has 1 aromatic carbocycles. The minimum atomic E-state index is -0.852. The number of halogens is 2. The third-order valence-corrected chi connectivity index (χ3v) is 4.93. The molecule has 2 fully saturated rings. The average molecular weight is 325 g/mol. The molecule has 3 unspecified atom stereocenters. The summed E-state index contributed by atoms with van der Waals surface area (Å²) in [5.41, 5.74) is 0.115. The zero-order valence-corrected chi connectivity index (χ0v) is 13.1. The second-order valence-corrected chi connectivity index (χ2v) is 6.38. The molecule has 4 nitrogen and oxygen atoms in total. The molecule has 1 aliphatic carbocycles. The Morgan fingerprint density at radius 2 is 2.09 bits per heavy atom. The summed E-state index contributed by atoms with van der Waals surface area (Å²) in [7, 11) is 0. The van der Waals surface area contributed by atoms with Crippen molar-refractivity contribution in [1.29, 1.82) is 0 Å². The summed E-state index contributed by atoms with van der Waals surface area (Å²) in [6, 6.07) is 1.74. The van der Waals surface area contributed by atoms with E-state index in [0.29, 0.717) is 26.2 Å². The smallest absolute Gasteiger partial charge is 0.257 e. The van der Waals surface area contributed by atoms with Gasteiger partial charge in [-0.25, -0.2) is 8.78 Å². The van der Waals surface area contributed by atoms with Crippen molar-refractivity contribution in [3.8, 4) is 0 Å². The van der Waals surface area contributed by atoms with E-state index in [0.717, 1.165) is 18.9 Å². The third kappa shape index (κ3) is 3.10. The summed E-state index contributed by atoms with van der Waals surface area (Å²) in [6.07, 6.45) is 1.99. The number of carbonyl (C=O) groups is 1. The molecule has 3 atom stereocenters. The van der Waals surface area contributed by atoms with Gasteiger partial charge in [0.2, 0.25) is 0 Å². The maximum atomic E-state index is 14.0. The Kier molecular flexibility index (Phi) is 4.64. The van der Waals surface area contributed by atoms with Crippen LogP contribution in [0.4, 0.5) is 8.78 Å². The first-order valence-electron chi connectivity index (χ1n) is 8.01. The number of ether oxygens (including phenoxy) is 1. The molecule has 3 rings (SSSR count). The average Bonchev–Trinajstić information content (AvgIpc) is 2.96. The first-order valence-corrected chi connectivity index (χ1v) is 8.01. The Labute approximate surface area is 134 Å². The highest BCUT2D eigenvalue weighted by Crippen LogP contribution is 2.33. The van der Waals surface area contributed by atoms with Crippen molar-refractivity contribution < 1.29 is 23.4 Å². The zero-order valence-electron chi connectivity index (χ0n) is 13.1. The Bertz CT molecular complexity index is 608. The Hall–Kier alpha value is -1.53. The van der Waals surface area contributed by atoms with E-state index in [1.807, 2.05) is 0 Å². The molecule has 0 spiro atoms. The fourth-order valence-corrected chi connectivity index (χ4v) is 3.62. The van der Waals surface area contributed by atoms with Gasteiger partial charge in [0.15, 0.2) is 0 Å². The van der Waals surface area contributed by atoms with Gasteiger partial charge in [0.05, 0.1) is 30.9 Å². The van der Waals surface area contributed by atoms with Crippen LogP contribution < -0.4 is 0 Å². The first-order chi connectivity index (χ1) is 11.0. The molecule has 0 radical (unpaired) electrons. The minimum Gasteiger partial charge on any atom is -0.393 e. The fourth-order valence-electron chi connectivity index (χ4n) is 3.62. The van der Waals surface area contributed by atoms with Crippen molar-refractivity contribution in [2.75, 3.05) is 19.8 Å². The van der Waals surface area contributed by atoms with E-state index in [1.165, 1.54) is 13.0 Å². The Morgan fingerprint density at radius 1 is 1.30 bits per heavy atom. The van der Waals surface area contributed by atoms with Crippen LogP contribution in [0.2, 0.25) is 0 Å². The molecule has 1 amide bonds. The summed E-state index contributed by atoms with van der Waals surface area (Å²) in [4.78, 5) is 14.4. The van der Waals surface area contributed by atoms with Gasteiger partial charge in [0, 0.05) is 18.5 Å². The molecule has 6 heteroatoms. The van der Waals surface area contributed by atoms with Crippen LogP contribution >= 0.6 is 0 Å². The van der Waals surface area contributed by atoms with Crippen molar-refractivity contribution >= 4 is 5.91 Å². The lowest BCUT2D eigenvalue weighted by Gasteiger charge is -2.40. The molecule has 2 aliphatic rings. The summed E-state index contributed by atoms with van der Waals surface area (Å²) in [5.74, 6) is -2.03. The van der Waals surface area contributed by atoms with E-state index >= 15 is 0 Å². The third-order valence-electron chi connectivity index (χ3n) is 4.93. The van der Waals surface area contributed by atoms with Crippen LogP contribution in [-0.4, -0.2) is 47.8 Å². The number of morpholine rings is 1. The van der Waals surface area contributed by atoms with Crippen molar-refractivity contribution in [2.24, 2.45) is 5.92 Å². The van der Waals surface area contributed by atoms with Gasteiger partial charge in [-0.05, 0) is 31.4 Å². The molecule has 23 heavy (non-hydrogen) atoms. The summed E-state index contributed by atoms with van der Waals surface area (Å²) < 4.78 is 32.9. The van der Waals surface area contributed by atoms with Crippen LogP contribution in [-0.2, 0) is 4.74 Å². The maximum Gasteiger partial charge on any atom is 0.257 e. The highest BCUT2D eigenvalue weighted by atomic mass is 19.1. The molecule has 1 saturated heterocycles. The molecule has 1 saturated carbocycles. The number of nitrogens with zero attached hydrogens (tertiary/aromatic N) is 1. The maximum absolute atomic E-state index is 14.0. The number of hydrogen-bond donors (Lipinski definition) is 1. The van der Waals surface area contributed by atoms with Crippen LogP contribution in [0.1, 0.15) is 35.2 Å². The standard InChI is InChI=1S/C17H21F2NO3/c1-10-7-12(14(19)8-13(10)18)17(22)20-5-6-23-9-15(20)11-3-2-4-16(11)21/h7-8,11,15-16,21H,2-6,9H2,1H3. The molecule has 1 heterocycles. The van der Waals surface area contributed by atoms with E-state index in [4.69, 9.17) is 4.74 Å². The van der Waals surface area contributed by atoms with Crippen molar-refractivity contribution in [3.63, 3.8) is 0 Å². The van der Waals surface area contributed by atoms with Crippen LogP contribution in [0.25, 0.3) is 0 Å². The SMILES string of the molecule is Cc1cc(C(=O)N2CCOCC2C2CCCC2O)c(F)cc1F. The van der Waals surface area contributed by atoms with E-state index in [1.54, 1.807) is 4.90 Å². The van der Waals surface area contributed by atoms with Crippen molar-refractivity contribution in [2.45, 2.75) is 38.3 Å². The molecule has 0 bridgehead atoms. The van der Waals surface area contributed by atoms with Crippen molar-refractivity contribution in [1.82, 2.24) is 4.90 Å². The molecule has 1 aliphatic heterocycles. The molecule has 126 valence electrons. The van der Waals surface area contributed by atoms with Gasteiger partial charge in [-0.15, -0.1) is 0 Å². The number of carbonyl (C=O) groups excluding carboxylic acids is 1. The summed E-state index contributed by atoms with van der Waals surface area (Å²) in [5, 5.41) is 10.1. The quantitative estimate of drug-likeness (QED) is 0.907. The second kappa shape index (κ2) is 6.53. The zero-order chi connectivity index (χ0) is 16.6. The largest absolute Gasteiger partial charge is 0.393 e. The predicted octanol–water partition coefficient (Wildman–Crippen LogP) is 2.28. The van der Waals surface area contributed by atoms with Crippen LogP contribution in [0.15, 0.2) is 12.1 Å². The number of aryl methyl sites for hydroxylation is 1. The first kappa shape index (κ1) is 16.3. The Balaban J connectivity index is 1.88. The number of rotatable bonds is 2. The van der Waals surface area contributed by atoms with Gasteiger partial charge in [-0.1, -0.05) is 6.42 Å². The van der Waals surface area contributed by atoms with Gasteiger partial charge in [-0.2, -0.15) is 0 Å². The van der Waals surface area contributed by atoms with E-state index in [-0.39, 0.29) is 23.1 Å². The second-order valence-electron chi connectivity index (χ2n) is 6.38. The van der Waals surface area contributed by atoms with Gasteiger partial charge in [-0.3, -0.25) is 4.79 Å². The highest BCUT2D eigenvalue weighted by Gasteiger charge is 2.40. The molecule has 1 aromatic rings. The lowest BCUT2D eigenvalue weighted by molar-refractivity contribution is -0.0385. The summed E-state index contributed by atoms with van der Waals surface area (Å²) >= 11 is 0. The number of amides is 1. The topological polar surface area (TPSA) is 49.8 Å². The summed E-state index contributed by atoms with van der Waals surface area (Å²) in [6.45, 7) is 2.58. The Morgan fingerprint density at radius 3 is 2.78 bits per heavy atom. The highest BCUT2D eigenvalue weighted by molar-refractivity contribution is 5.95.